The summed E-state index contributed by atoms with van der Waals surface area (Å²) in [6, 6.07) is 6.71. The number of likely N-dealkylation sites (N-methyl/N-ethyl adjacent to an activating group) is 1. The van der Waals surface area contributed by atoms with Gasteiger partial charge in [-0.25, -0.2) is 9.59 Å². The number of hydrogen-bond acceptors (Lipinski definition) is 7. The van der Waals surface area contributed by atoms with E-state index in [4.69, 9.17) is 4.74 Å². The maximum Gasteiger partial charge on any atom is 0.534 e. The van der Waals surface area contributed by atoms with Gasteiger partial charge in [0, 0.05) is 25.6 Å². The molecule has 13 heteroatoms. The van der Waals surface area contributed by atoms with Crippen LogP contribution in [0.1, 0.15) is 12.0 Å². The molecule has 2 bridgehead atoms. The summed E-state index contributed by atoms with van der Waals surface area (Å²) in [5, 5.41) is 9.31. The van der Waals surface area contributed by atoms with E-state index in [9.17, 15) is 36.3 Å². The molecule has 2 aliphatic rings. The second-order valence-electron chi connectivity index (χ2n) is 7.11. The molecule has 1 saturated heterocycles. The topological polar surface area (TPSA) is 113 Å². The number of ether oxygens (including phenoxy) is 1. The van der Waals surface area contributed by atoms with Gasteiger partial charge in [-0.15, -0.1) is 0 Å². The number of carboxylic acid groups (broad SMARTS) is 1. The molecule has 1 fully saturated rings. The summed E-state index contributed by atoms with van der Waals surface area (Å²) >= 11 is 0. The molecule has 1 amide bonds. The number of fused-ring (bicyclic) bond motifs is 2. The van der Waals surface area contributed by atoms with Gasteiger partial charge in [-0.3, -0.25) is 4.90 Å². The van der Waals surface area contributed by atoms with Gasteiger partial charge in [0.1, 0.15) is 12.4 Å². The Labute approximate surface area is 175 Å². The first-order valence-corrected chi connectivity index (χ1v) is 10.5. The molecule has 1 aromatic rings. The van der Waals surface area contributed by atoms with Crippen LogP contribution in [0.4, 0.5) is 18.0 Å². The van der Waals surface area contributed by atoms with Gasteiger partial charge in [0.2, 0.25) is 0 Å². The summed E-state index contributed by atoms with van der Waals surface area (Å²) < 4.78 is 71.3. The lowest BCUT2D eigenvalue weighted by atomic mass is 9.90. The van der Waals surface area contributed by atoms with Gasteiger partial charge in [0.05, 0.1) is 11.6 Å². The number of benzene rings is 1. The standard InChI is InChI=1S/C18H19F3N2O7S/c1-22-12-7-14(30-31(27,28)18(19,20)21)15(13(22)9-23(8-12)17(25)26)16(24)29-10-11-5-3-2-4-6-11/h2-6,12-13H,7-10H2,1H3,(H,25,26)/t12-,13-/m1/s1. The first-order chi connectivity index (χ1) is 14.4. The Hall–Kier alpha value is -2.80. The summed E-state index contributed by atoms with van der Waals surface area (Å²) in [4.78, 5) is 26.8. The molecule has 1 aromatic carbocycles. The highest BCUT2D eigenvalue weighted by Gasteiger charge is 2.52. The molecular formula is C18H19F3N2O7S. The van der Waals surface area contributed by atoms with Gasteiger partial charge in [-0.05, 0) is 12.6 Å². The van der Waals surface area contributed by atoms with Crippen molar-refractivity contribution in [1.82, 2.24) is 9.80 Å². The Balaban J connectivity index is 1.97. The fourth-order valence-electron chi connectivity index (χ4n) is 3.53. The minimum Gasteiger partial charge on any atom is -0.465 e. The van der Waals surface area contributed by atoms with Crippen LogP contribution in [0.15, 0.2) is 41.7 Å². The van der Waals surface area contributed by atoms with Crippen LogP contribution >= 0.6 is 0 Å². The number of hydrogen-bond donors (Lipinski definition) is 1. The molecule has 0 unspecified atom stereocenters. The number of piperazine rings is 1. The van der Waals surface area contributed by atoms with E-state index in [1.807, 2.05) is 0 Å². The Morgan fingerprint density at radius 2 is 1.84 bits per heavy atom. The van der Waals surface area contributed by atoms with E-state index in [1.165, 1.54) is 0 Å². The van der Waals surface area contributed by atoms with E-state index in [0.29, 0.717) is 5.56 Å². The van der Waals surface area contributed by atoms with Crippen LogP contribution in [0.25, 0.3) is 0 Å². The number of carbonyl (C=O) groups is 2. The van der Waals surface area contributed by atoms with Gasteiger partial charge in [-0.1, -0.05) is 30.3 Å². The quantitative estimate of drug-likeness (QED) is 0.400. The summed E-state index contributed by atoms with van der Waals surface area (Å²) in [5.74, 6) is -1.77. The average Bonchev–Trinajstić information content (AvgIpc) is 2.66. The number of esters is 1. The van der Waals surface area contributed by atoms with Crippen LogP contribution in [-0.2, 0) is 30.4 Å². The Kier molecular flexibility index (Phi) is 6.18. The molecule has 0 saturated carbocycles. The maximum atomic E-state index is 12.9. The molecule has 2 atom stereocenters. The number of nitrogens with zero attached hydrogens (tertiary/aromatic N) is 2. The van der Waals surface area contributed by atoms with E-state index in [1.54, 1.807) is 42.3 Å². The highest BCUT2D eigenvalue weighted by atomic mass is 32.2. The highest BCUT2D eigenvalue weighted by molar-refractivity contribution is 7.87. The number of rotatable bonds is 5. The third kappa shape index (κ3) is 4.77. The van der Waals surface area contributed by atoms with Crippen molar-refractivity contribution in [3.05, 3.63) is 47.2 Å². The van der Waals surface area contributed by atoms with Crippen molar-refractivity contribution in [3.63, 3.8) is 0 Å². The first kappa shape index (κ1) is 22.9. The molecule has 2 heterocycles. The van der Waals surface area contributed by atoms with E-state index in [0.717, 1.165) is 4.90 Å². The summed E-state index contributed by atoms with van der Waals surface area (Å²) in [6.07, 6.45) is -1.69. The van der Waals surface area contributed by atoms with Crippen LogP contribution in [0, 0.1) is 0 Å². The average molecular weight is 464 g/mol. The fraction of sp³-hybridized carbons (Fsp3) is 0.444. The second kappa shape index (κ2) is 8.38. The summed E-state index contributed by atoms with van der Waals surface area (Å²) in [5.41, 5.74) is -5.54. The second-order valence-corrected chi connectivity index (χ2v) is 8.65. The van der Waals surface area contributed by atoms with Crippen molar-refractivity contribution in [2.45, 2.75) is 30.6 Å². The molecule has 2 aliphatic heterocycles. The minimum atomic E-state index is -6.02. The zero-order valence-electron chi connectivity index (χ0n) is 16.2. The third-order valence-electron chi connectivity index (χ3n) is 5.14. The van der Waals surface area contributed by atoms with Crippen molar-refractivity contribution >= 4 is 22.2 Å². The molecule has 3 rings (SSSR count). The zero-order valence-corrected chi connectivity index (χ0v) is 17.0. The molecule has 0 spiro atoms. The van der Waals surface area contributed by atoms with E-state index < -0.39 is 57.5 Å². The summed E-state index contributed by atoms with van der Waals surface area (Å²) in [6.45, 7) is -0.574. The predicted molar refractivity (Wildman–Crippen MR) is 98.9 cm³/mol. The lowest BCUT2D eigenvalue weighted by Gasteiger charge is -2.47. The fourth-order valence-corrected chi connectivity index (χ4v) is 4.05. The maximum absolute atomic E-state index is 12.9. The molecule has 1 N–H and O–H groups in total. The third-order valence-corrected chi connectivity index (χ3v) is 6.13. The van der Waals surface area contributed by atoms with Crippen LogP contribution < -0.4 is 0 Å². The molecule has 9 nitrogen and oxygen atoms in total. The highest BCUT2D eigenvalue weighted by Crippen LogP contribution is 2.37. The van der Waals surface area contributed by atoms with Crippen LogP contribution in [0.3, 0.4) is 0 Å². The lowest BCUT2D eigenvalue weighted by molar-refractivity contribution is -0.142. The number of carbonyl (C=O) groups excluding carboxylic acids is 1. The van der Waals surface area contributed by atoms with Crippen LogP contribution in [-0.4, -0.2) is 73.1 Å². The zero-order chi connectivity index (χ0) is 23.0. The largest absolute Gasteiger partial charge is 0.534 e. The van der Waals surface area contributed by atoms with E-state index in [2.05, 4.69) is 4.18 Å². The van der Waals surface area contributed by atoms with Gasteiger partial charge in [0.15, 0.2) is 0 Å². The van der Waals surface area contributed by atoms with Gasteiger partial charge in [0.25, 0.3) is 0 Å². The Bertz CT molecular complexity index is 995. The van der Waals surface area contributed by atoms with E-state index >= 15 is 0 Å². The van der Waals surface area contributed by atoms with Crippen LogP contribution in [0.2, 0.25) is 0 Å². The van der Waals surface area contributed by atoms with Crippen molar-refractivity contribution in [3.8, 4) is 0 Å². The van der Waals surface area contributed by atoms with Gasteiger partial charge in [-0.2, -0.15) is 21.6 Å². The first-order valence-electron chi connectivity index (χ1n) is 9.05. The van der Waals surface area contributed by atoms with Crippen LogP contribution in [0.5, 0.6) is 0 Å². The van der Waals surface area contributed by atoms with Crippen molar-refractivity contribution in [2.75, 3.05) is 20.1 Å². The smallest absolute Gasteiger partial charge is 0.465 e. The number of alkyl halides is 3. The normalized spacial score (nSPS) is 22.3. The SMILES string of the molecule is CN1[C@@H]2CC(OS(=O)(=O)C(F)(F)F)=C(C(=O)OCc3ccccc3)[C@H]1CN(C(=O)O)C2. The number of halogens is 3. The van der Waals surface area contributed by atoms with Crippen molar-refractivity contribution in [2.24, 2.45) is 0 Å². The Morgan fingerprint density at radius 3 is 2.42 bits per heavy atom. The molecule has 31 heavy (non-hydrogen) atoms. The predicted octanol–water partition coefficient (Wildman–Crippen LogP) is 1.92. The van der Waals surface area contributed by atoms with Gasteiger partial charge >= 0.3 is 27.7 Å². The molecular weight excluding hydrogens is 445 g/mol. The monoisotopic (exact) mass is 464 g/mol. The molecule has 0 aromatic heterocycles. The summed E-state index contributed by atoms with van der Waals surface area (Å²) in [7, 11) is -4.46. The Morgan fingerprint density at radius 1 is 1.19 bits per heavy atom. The van der Waals surface area contributed by atoms with Crippen molar-refractivity contribution in [1.29, 1.82) is 0 Å². The van der Waals surface area contributed by atoms with E-state index in [-0.39, 0.29) is 19.7 Å². The molecule has 0 aliphatic carbocycles. The van der Waals surface area contributed by atoms with Gasteiger partial charge < -0.3 is 18.9 Å². The minimum absolute atomic E-state index is 0.0897. The molecule has 0 radical (unpaired) electrons. The van der Waals surface area contributed by atoms with Crippen molar-refractivity contribution < 1.29 is 45.2 Å². The lowest BCUT2D eigenvalue weighted by Crippen LogP contribution is -2.62. The molecule has 170 valence electrons. The number of amides is 1.